The Labute approximate surface area is 224 Å². The summed E-state index contributed by atoms with van der Waals surface area (Å²) in [5, 5.41) is 16.6. The van der Waals surface area contributed by atoms with E-state index in [1.807, 2.05) is 27.7 Å². The number of likely N-dealkylation sites (tertiary alicyclic amines) is 1. The first-order chi connectivity index (χ1) is 17.4. The van der Waals surface area contributed by atoms with Crippen molar-refractivity contribution in [3.05, 3.63) is 10.4 Å². The van der Waals surface area contributed by atoms with Crippen LogP contribution in [0.2, 0.25) is 6.32 Å². The largest absolute Gasteiger partial charge is 0.481 e. The molecule has 0 radical (unpaired) electrons. The highest BCUT2D eigenvalue weighted by Gasteiger charge is 2.60. The Morgan fingerprint density at radius 1 is 1.21 bits per heavy atom. The number of rotatable bonds is 8. The third-order valence-corrected chi connectivity index (χ3v) is 8.46. The zero-order valence-corrected chi connectivity index (χ0v) is 23.8. The zero-order valence-electron chi connectivity index (χ0n) is 23.8. The van der Waals surface area contributed by atoms with Crippen LogP contribution < -0.4 is 5.32 Å². The van der Waals surface area contributed by atoms with Crippen molar-refractivity contribution in [2.24, 2.45) is 22.9 Å². The molecule has 5 atom stereocenters. The summed E-state index contributed by atoms with van der Waals surface area (Å²) in [7, 11) is -0.405. The van der Waals surface area contributed by atoms with E-state index >= 15 is 0 Å². The number of ether oxygens (including phenoxy) is 1. The van der Waals surface area contributed by atoms with Crippen LogP contribution in [0, 0.1) is 17.8 Å². The van der Waals surface area contributed by atoms with Crippen molar-refractivity contribution >= 4 is 25.1 Å². The van der Waals surface area contributed by atoms with Gasteiger partial charge in [0.15, 0.2) is 0 Å². The summed E-state index contributed by atoms with van der Waals surface area (Å²) in [6.45, 7) is 15.4. The predicted molar refractivity (Wildman–Crippen MR) is 140 cm³/mol. The fourth-order valence-electron chi connectivity index (χ4n) is 6.00. The van der Waals surface area contributed by atoms with Gasteiger partial charge in [-0.3, -0.25) is 9.59 Å². The molecule has 1 aliphatic carbocycles. The van der Waals surface area contributed by atoms with E-state index in [1.54, 1.807) is 32.6 Å². The maximum atomic E-state index is 13.1. The molecule has 1 saturated carbocycles. The summed E-state index contributed by atoms with van der Waals surface area (Å²) in [4.78, 5) is 42.3. The fraction of sp³-hybridized carbons (Fsp3) is 0.880. The minimum atomic E-state index is -1.56. The van der Waals surface area contributed by atoms with E-state index in [4.69, 9.17) is 14.0 Å². The van der Waals surface area contributed by atoms with E-state index in [2.05, 4.69) is 15.3 Å². The second-order valence-electron chi connectivity index (χ2n) is 12.9. The lowest BCUT2D eigenvalue weighted by Crippen LogP contribution is -2.49. The van der Waals surface area contributed by atoms with E-state index in [0.717, 1.165) is 0 Å². The number of carbonyl (C=O) groups is 3. The molecule has 3 aliphatic rings. The van der Waals surface area contributed by atoms with E-state index in [1.165, 1.54) is 0 Å². The number of azide groups is 1. The van der Waals surface area contributed by atoms with Gasteiger partial charge < -0.3 is 29.4 Å². The average molecular weight is 535 g/mol. The highest BCUT2D eigenvalue weighted by molar-refractivity contribution is 6.45. The van der Waals surface area contributed by atoms with Crippen LogP contribution >= 0.6 is 0 Å². The molecule has 0 bridgehead atoms. The molecule has 212 valence electrons. The van der Waals surface area contributed by atoms with Crippen molar-refractivity contribution < 1.29 is 33.5 Å². The molecule has 38 heavy (non-hydrogen) atoms. The molecule has 3 rings (SSSR count). The maximum Gasteiger partial charge on any atom is 0.457 e. The lowest BCUT2D eigenvalue weighted by atomic mass is 9.75. The van der Waals surface area contributed by atoms with E-state index in [-0.39, 0.29) is 24.2 Å². The van der Waals surface area contributed by atoms with Crippen LogP contribution in [0.25, 0.3) is 10.4 Å². The lowest BCUT2D eigenvalue weighted by molar-refractivity contribution is -0.145. The van der Waals surface area contributed by atoms with Gasteiger partial charge in [-0.25, -0.2) is 4.79 Å². The van der Waals surface area contributed by atoms with Crippen molar-refractivity contribution in [3.8, 4) is 0 Å². The first kappa shape index (κ1) is 30.1. The topological polar surface area (TPSA) is 163 Å². The van der Waals surface area contributed by atoms with E-state index in [0.29, 0.717) is 32.3 Å². The number of hydrogen-bond donors (Lipinski definition) is 2. The highest BCUT2D eigenvalue weighted by atomic mass is 16.7. The van der Waals surface area contributed by atoms with Gasteiger partial charge in [0.05, 0.1) is 11.2 Å². The Balaban J connectivity index is 1.69. The monoisotopic (exact) mass is 535 g/mol. The Bertz CT molecular complexity index is 973. The van der Waals surface area contributed by atoms with Crippen LogP contribution in [-0.2, 0) is 23.6 Å². The summed E-state index contributed by atoms with van der Waals surface area (Å²) >= 11 is 0. The minimum Gasteiger partial charge on any atom is -0.481 e. The molecule has 3 fully saturated rings. The van der Waals surface area contributed by atoms with Crippen LogP contribution in [0.3, 0.4) is 0 Å². The zero-order chi connectivity index (χ0) is 28.7. The second-order valence-corrected chi connectivity index (χ2v) is 12.9. The molecule has 0 aromatic rings. The lowest BCUT2D eigenvalue weighted by Gasteiger charge is -2.32. The van der Waals surface area contributed by atoms with Gasteiger partial charge in [0.25, 0.3) is 0 Å². The van der Waals surface area contributed by atoms with Gasteiger partial charge in [0.2, 0.25) is 5.91 Å². The number of aliphatic carboxylic acids is 1. The van der Waals surface area contributed by atoms with Crippen LogP contribution in [0.5, 0.6) is 0 Å². The predicted octanol–water partition coefficient (Wildman–Crippen LogP) is 4.00. The van der Waals surface area contributed by atoms with Crippen LogP contribution in [0.4, 0.5) is 4.79 Å². The molecule has 2 amide bonds. The molecular formula is C25H42BN5O7. The van der Waals surface area contributed by atoms with Crippen LogP contribution in [0.15, 0.2) is 5.11 Å². The Kier molecular flexibility index (Phi) is 8.37. The molecular weight excluding hydrogens is 493 g/mol. The number of carboxylic acid groups (broad SMARTS) is 1. The van der Waals surface area contributed by atoms with Gasteiger partial charge in [-0.15, -0.1) is 0 Å². The first-order valence-corrected chi connectivity index (χ1v) is 13.4. The van der Waals surface area contributed by atoms with Crippen LogP contribution in [0.1, 0.15) is 74.7 Å². The smallest absolute Gasteiger partial charge is 0.457 e. The standard InChI is InChI=1S/C25H42BN5O7/c1-15(28-21(35)36-22(2,3)4)19(32)31-13-16-12-25(20(33)34,29-30-27)18(17(16)14-31)10-9-11-26-37-23(5,6)24(7,8)38-26/h15-18H,9-14H2,1-8H3,(H,28,35)(H,33,34)/t15?,16-,17+,18-,25-/m0/s1. The maximum absolute atomic E-state index is 13.1. The van der Waals surface area contributed by atoms with E-state index in [9.17, 15) is 25.0 Å². The Hall–Kier alpha value is -2.50. The molecule has 2 N–H and O–H groups in total. The third kappa shape index (κ3) is 6.05. The number of amides is 2. The molecule has 2 aliphatic heterocycles. The summed E-state index contributed by atoms with van der Waals surface area (Å²) in [5.74, 6) is -2.12. The second kappa shape index (κ2) is 10.6. The number of fused-ring (bicyclic) bond motifs is 1. The molecule has 0 spiro atoms. The minimum absolute atomic E-state index is 0.129. The first-order valence-electron chi connectivity index (χ1n) is 13.4. The van der Waals surface area contributed by atoms with E-state index < -0.39 is 53.5 Å². The summed E-state index contributed by atoms with van der Waals surface area (Å²) in [5.41, 5.74) is 6.09. The summed E-state index contributed by atoms with van der Waals surface area (Å²) in [6, 6.07) is -0.799. The molecule has 0 aromatic heterocycles. The van der Waals surface area contributed by atoms with Gasteiger partial charge in [-0.2, -0.15) is 0 Å². The number of nitrogens with one attached hydrogen (secondary N) is 1. The number of carbonyl (C=O) groups excluding carboxylic acids is 2. The van der Waals surface area contributed by atoms with Crippen molar-refractivity contribution in [2.75, 3.05) is 13.1 Å². The average Bonchev–Trinajstić information content (AvgIpc) is 3.34. The van der Waals surface area contributed by atoms with Crippen molar-refractivity contribution in [1.82, 2.24) is 10.2 Å². The van der Waals surface area contributed by atoms with Gasteiger partial charge >= 0.3 is 19.2 Å². The van der Waals surface area contributed by atoms with Crippen molar-refractivity contribution in [2.45, 2.75) is 109 Å². The van der Waals surface area contributed by atoms with Gasteiger partial charge in [-0.05, 0) is 97.8 Å². The van der Waals surface area contributed by atoms with Crippen LogP contribution in [-0.4, -0.2) is 76.6 Å². The van der Waals surface area contributed by atoms with Gasteiger partial charge in [0.1, 0.15) is 17.2 Å². The fourth-order valence-corrected chi connectivity index (χ4v) is 6.00. The van der Waals surface area contributed by atoms with Crippen molar-refractivity contribution in [3.63, 3.8) is 0 Å². The number of nitrogens with zero attached hydrogens (tertiary/aromatic N) is 4. The number of carboxylic acids is 1. The molecule has 13 heteroatoms. The molecule has 2 saturated heterocycles. The third-order valence-electron chi connectivity index (χ3n) is 8.46. The highest BCUT2D eigenvalue weighted by Crippen LogP contribution is 2.53. The van der Waals surface area contributed by atoms with Crippen molar-refractivity contribution in [1.29, 1.82) is 0 Å². The summed E-state index contributed by atoms with van der Waals surface area (Å²) < 4.78 is 17.4. The Morgan fingerprint density at radius 3 is 2.34 bits per heavy atom. The SMILES string of the molecule is CC(NC(=O)OC(C)(C)C)C(=O)N1C[C@@H]2C[C@@](N=[N+]=[N-])(C(=O)O)[C@@H](CCCB3OC(C)(C)C(C)(C)O3)[C@@H]2C1. The Morgan fingerprint density at radius 2 is 1.82 bits per heavy atom. The summed E-state index contributed by atoms with van der Waals surface area (Å²) in [6.07, 6.45) is 1.17. The molecule has 0 aromatic carbocycles. The molecule has 12 nitrogen and oxygen atoms in total. The molecule has 2 heterocycles. The number of hydrogen-bond acceptors (Lipinski definition) is 7. The quantitative estimate of drug-likeness (QED) is 0.205. The van der Waals surface area contributed by atoms with Gasteiger partial charge in [-0.1, -0.05) is 11.5 Å². The molecule has 1 unspecified atom stereocenters. The number of alkyl carbamates (subject to hydrolysis) is 1. The van der Waals surface area contributed by atoms with Gasteiger partial charge in [0, 0.05) is 18.0 Å². The normalized spacial score (nSPS) is 30.4.